The topological polar surface area (TPSA) is 115 Å². The van der Waals surface area contributed by atoms with Crippen LogP contribution in [0.3, 0.4) is 0 Å². The normalized spacial score (nSPS) is 10.2. The van der Waals surface area contributed by atoms with Gasteiger partial charge in [-0.1, -0.05) is 0 Å². The first-order chi connectivity index (χ1) is 9.88. The zero-order valence-electron chi connectivity index (χ0n) is 10.3. The molecule has 0 fully saturated rings. The molecule has 21 heavy (non-hydrogen) atoms. The molecule has 0 bridgehead atoms. The quantitative estimate of drug-likeness (QED) is 0.388. The number of hydrogen-bond donors (Lipinski definition) is 2. The number of nitro benzene ring substituents is 1. The van der Waals surface area contributed by atoms with Crippen molar-refractivity contribution in [1.82, 2.24) is 4.98 Å². The molecule has 2 rings (SSSR count). The number of nitrogens with zero attached hydrogens (tertiary/aromatic N) is 2. The molecule has 0 unspecified atom stereocenters. The van der Waals surface area contributed by atoms with Gasteiger partial charge < -0.3 is 10.5 Å². The van der Waals surface area contributed by atoms with E-state index in [0.29, 0.717) is 17.7 Å². The number of nitrogen functional groups attached to an aromatic ring is 1. The maximum atomic E-state index is 13.6. The second-order valence-electron chi connectivity index (χ2n) is 3.89. The second-order valence-corrected chi connectivity index (χ2v) is 3.89. The number of benzene rings is 1. The van der Waals surface area contributed by atoms with Gasteiger partial charge in [0.05, 0.1) is 11.0 Å². The molecule has 0 saturated carbocycles. The minimum Gasteiger partial charge on any atom is -0.436 e. The molecule has 108 valence electrons. The van der Waals surface area contributed by atoms with Gasteiger partial charge in [-0.3, -0.25) is 15.5 Å². The van der Waals surface area contributed by atoms with E-state index in [4.69, 9.17) is 15.9 Å². The maximum absolute atomic E-state index is 13.6. The highest BCUT2D eigenvalue weighted by Crippen LogP contribution is 2.29. The largest absolute Gasteiger partial charge is 0.436 e. The lowest BCUT2D eigenvalue weighted by Gasteiger charge is -2.06. The summed E-state index contributed by atoms with van der Waals surface area (Å²) >= 11 is 0. The van der Waals surface area contributed by atoms with E-state index in [0.717, 1.165) is 0 Å². The molecule has 1 heterocycles. The fourth-order valence-corrected chi connectivity index (χ4v) is 1.45. The van der Waals surface area contributed by atoms with Gasteiger partial charge in [0, 0.05) is 23.9 Å². The van der Waals surface area contributed by atoms with E-state index in [9.17, 15) is 18.9 Å². The average molecular weight is 294 g/mol. The second kappa shape index (κ2) is 5.49. The Hall–Kier alpha value is -3.10. The van der Waals surface area contributed by atoms with E-state index in [1.165, 1.54) is 18.3 Å². The van der Waals surface area contributed by atoms with Crippen molar-refractivity contribution < 1.29 is 18.4 Å². The molecule has 0 aliphatic carbocycles. The Kier molecular flexibility index (Phi) is 3.74. The Morgan fingerprint density at radius 2 is 2.05 bits per heavy atom. The fraction of sp³-hybridized carbons (Fsp3) is 0. The van der Waals surface area contributed by atoms with Crippen LogP contribution in [-0.4, -0.2) is 15.7 Å². The molecular formula is C12H8F2N4O3. The standard InChI is InChI=1S/C12H8F2N4O3/c13-7-4-10(8(14)3-9(7)18(19)20)21-11-2-1-6(5-17-11)12(15)16/h1-5H,(H3,15,16). The monoisotopic (exact) mass is 294 g/mol. The predicted octanol–water partition coefficient (Wildman–Crippen LogP) is 2.34. The zero-order chi connectivity index (χ0) is 15.6. The highest BCUT2D eigenvalue weighted by Gasteiger charge is 2.19. The summed E-state index contributed by atoms with van der Waals surface area (Å²) < 4.78 is 32.0. The van der Waals surface area contributed by atoms with Crippen LogP contribution in [0.1, 0.15) is 5.56 Å². The van der Waals surface area contributed by atoms with E-state index in [1.54, 1.807) is 0 Å². The van der Waals surface area contributed by atoms with Gasteiger partial charge in [0.15, 0.2) is 11.6 Å². The van der Waals surface area contributed by atoms with Crippen LogP contribution < -0.4 is 10.5 Å². The van der Waals surface area contributed by atoms with Crippen molar-refractivity contribution in [1.29, 1.82) is 5.41 Å². The van der Waals surface area contributed by atoms with Crippen molar-refractivity contribution in [2.45, 2.75) is 0 Å². The van der Waals surface area contributed by atoms with Crippen LogP contribution in [0, 0.1) is 27.2 Å². The van der Waals surface area contributed by atoms with Crippen LogP contribution in [-0.2, 0) is 0 Å². The summed E-state index contributed by atoms with van der Waals surface area (Å²) in [5.74, 6) is -3.15. The Morgan fingerprint density at radius 1 is 1.33 bits per heavy atom. The van der Waals surface area contributed by atoms with E-state index in [-0.39, 0.29) is 11.7 Å². The first-order valence-corrected chi connectivity index (χ1v) is 5.50. The number of rotatable bonds is 4. The molecule has 1 aromatic carbocycles. The number of hydrogen-bond acceptors (Lipinski definition) is 5. The van der Waals surface area contributed by atoms with Crippen molar-refractivity contribution in [2.75, 3.05) is 0 Å². The summed E-state index contributed by atoms with van der Waals surface area (Å²) in [7, 11) is 0. The third kappa shape index (κ3) is 3.08. The zero-order valence-corrected chi connectivity index (χ0v) is 10.3. The van der Waals surface area contributed by atoms with Crippen LogP contribution in [0.25, 0.3) is 0 Å². The summed E-state index contributed by atoms with van der Waals surface area (Å²) in [6.07, 6.45) is 1.22. The van der Waals surface area contributed by atoms with Crippen LogP contribution in [0.5, 0.6) is 11.6 Å². The molecule has 0 amide bonds. The van der Waals surface area contributed by atoms with Crippen molar-refractivity contribution in [3.8, 4) is 11.6 Å². The molecule has 0 aliphatic rings. The van der Waals surface area contributed by atoms with Crippen LogP contribution >= 0.6 is 0 Å². The van der Waals surface area contributed by atoms with Crippen molar-refractivity contribution >= 4 is 11.5 Å². The van der Waals surface area contributed by atoms with Crippen molar-refractivity contribution in [3.63, 3.8) is 0 Å². The van der Waals surface area contributed by atoms with E-state index < -0.39 is 28.0 Å². The Morgan fingerprint density at radius 3 is 2.57 bits per heavy atom. The van der Waals surface area contributed by atoms with Gasteiger partial charge in [-0.2, -0.15) is 4.39 Å². The molecule has 0 aliphatic heterocycles. The van der Waals surface area contributed by atoms with Gasteiger partial charge in [-0.25, -0.2) is 9.37 Å². The minimum absolute atomic E-state index is 0.0767. The van der Waals surface area contributed by atoms with Gasteiger partial charge in [0.1, 0.15) is 5.84 Å². The highest BCUT2D eigenvalue weighted by atomic mass is 19.1. The van der Waals surface area contributed by atoms with E-state index in [2.05, 4.69) is 4.98 Å². The lowest BCUT2D eigenvalue weighted by atomic mass is 10.2. The summed E-state index contributed by atoms with van der Waals surface area (Å²) in [6, 6.07) is 3.70. The van der Waals surface area contributed by atoms with Gasteiger partial charge in [0.25, 0.3) is 0 Å². The molecular weight excluding hydrogens is 286 g/mol. The Labute approximate surface area is 116 Å². The average Bonchev–Trinajstić information content (AvgIpc) is 2.42. The lowest BCUT2D eigenvalue weighted by Crippen LogP contribution is -2.11. The number of ether oxygens (including phenoxy) is 1. The summed E-state index contributed by atoms with van der Waals surface area (Å²) in [4.78, 5) is 13.2. The minimum atomic E-state index is -1.23. The van der Waals surface area contributed by atoms with Gasteiger partial charge >= 0.3 is 5.69 Å². The Balaban J connectivity index is 2.29. The number of nitro groups is 1. The number of amidine groups is 1. The number of nitrogens with two attached hydrogens (primary N) is 1. The smallest absolute Gasteiger partial charge is 0.307 e. The molecule has 0 radical (unpaired) electrons. The maximum Gasteiger partial charge on any atom is 0.307 e. The highest BCUT2D eigenvalue weighted by molar-refractivity contribution is 5.94. The molecule has 0 atom stereocenters. The van der Waals surface area contributed by atoms with E-state index >= 15 is 0 Å². The van der Waals surface area contributed by atoms with E-state index in [1.807, 2.05) is 0 Å². The van der Waals surface area contributed by atoms with Crippen molar-refractivity contribution in [3.05, 3.63) is 57.8 Å². The number of pyridine rings is 1. The first-order valence-electron chi connectivity index (χ1n) is 5.50. The summed E-state index contributed by atoms with van der Waals surface area (Å²) in [5, 5.41) is 17.6. The first kappa shape index (κ1) is 14.3. The molecule has 0 spiro atoms. The van der Waals surface area contributed by atoms with Gasteiger partial charge in [-0.05, 0) is 6.07 Å². The van der Waals surface area contributed by atoms with Crippen LogP contribution in [0.15, 0.2) is 30.5 Å². The predicted molar refractivity (Wildman–Crippen MR) is 68.3 cm³/mol. The van der Waals surface area contributed by atoms with Crippen molar-refractivity contribution in [2.24, 2.45) is 5.73 Å². The Bertz CT molecular complexity index is 719. The fourth-order valence-electron chi connectivity index (χ4n) is 1.45. The lowest BCUT2D eigenvalue weighted by molar-refractivity contribution is -0.387. The SMILES string of the molecule is N=C(N)c1ccc(Oc2cc(F)c([N+](=O)[O-])cc2F)nc1. The van der Waals surface area contributed by atoms with Gasteiger partial charge in [-0.15, -0.1) is 0 Å². The van der Waals surface area contributed by atoms with Gasteiger partial charge in [0.2, 0.25) is 11.7 Å². The number of halogens is 2. The van der Waals surface area contributed by atoms with Crippen LogP contribution in [0.4, 0.5) is 14.5 Å². The summed E-state index contributed by atoms with van der Waals surface area (Å²) in [6.45, 7) is 0. The summed E-state index contributed by atoms with van der Waals surface area (Å²) in [5.41, 5.74) is 4.58. The molecule has 1 aromatic heterocycles. The number of aromatic nitrogens is 1. The molecule has 7 nitrogen and oxygen atoms in total. The van der Waals surface area contributed by atoms with Crippen LogP contribution in [0.2, 0.25) is 0 Å². The third-order valence-corrected chi connectivity index (χ3v) is 2.46. The molecule has 9 heteroatoms. The number of nitrogens with one attached hydrogen (secondary N) is 1. The third-order valence-electron chi connectivity index (χ3n) is 2.46. The molecule has 0 saturated heterocycles. The molecule has 3 N–H and O–H groups in total. The molecule has 2 aromatic rings.